The summed E-state index contributed by atoms with van der Waals surface area (Å²) in [6.07, 6.45) is 5.06. The second-order valence-corrected chi connectivity index (χ2v) is 4.61. The zero-order valence-corrected chi connectivity index (χ0v) is 10.1. The van der Waals surface area contributed by atoms with Crippen molar-refractivity contribution >= 4 is 11.4 Å². The number of nitrogens with one attached hydrogen (secondary N) is 1. The minimum absolute atomic E-state index is 0.104. The quantitative estimate of drug-likeness (QED) is 0.474. The average molecular weight is 245 g/mol. The molecule has 2 rings (SSSR count). The first-order valence-electron chi connectivity index (χ1n) is 6.13. The molecular formula is C13H15N3O2. The van der Waals surface area contributed by atoms with E-state index in [0.717, 1.165) is 24.6 Å². The van der Waals surface area contributed by atoms with Gasteiger partial charge in [0.05, 0.1) is 4.92 Å². The van der Waals surface area contributed by atoms with E-state index in [2.05, 4.69) is 5.32 Å². The summed E-state index contributed by atoms with van der Waals surface area (Å²) in [4.78, 5) is 10.1. The summed E-state index contributed by atoms with van der Waals surface area (Å²) in [6.45, 7) is 0.846. The first-order valence-corrected chi connectivity index (χ1v) is 6.13. The third-order valence-corrected chi connectivity index (χ3v) is 3.13. The van der Waals surface area contributed by atoms with E-state index >= 15 is 0 Å². The summed E-state index contributed by atoms with van der Waals surface area (Å²) >= 11 is 0. The van der Waals surface area contributed by atoms with Gasteiger partial charge >= 0.3 is 0 Å². The predicted molar refractivity (Wildman–Crippen MR) is 68.3 cm³/mol. The SMILES string of the molecule is N#Cc1cc(NCCCC2CC2)ccc1[N+](=O)[O-]. The molecule has 0 aromatic heterocycles. The molecule has 5 nitrogen and oxygen atoms in total. The smallest absolute Gasteiger partial charge is 0.287 e. The fraction of sp³-hybridized carbons (Fsp3) is 0.462. The summed E-state index contributed by atoms with van der Waals surface area (Å²) in [5.41, 5.74) is 0.737. The first kappa shape index (κ1) is 12.4. The van der Waals surface area contributed by atoms with E-state index in [9.17, 15) is 10.1 Å². The second-order valence-electron chi connectivity index (χ2n) is 4.61. The molecule has 0 aliphatic heterocycles. The molecule has 1 aromatic rings. The predicted octanol–water partition coefficient (Wildman–Crippen LogP) is 3.07. The lowest BCUT2D eigenvalue weighted by Crippen LogP contribution is -2.02. The van der Waals surface area contributed by atoms with Crippen LogP contribution >= 0.6 is 0 Å². The van der Waals surface area contributed by atoms with Gasteiger partial charge in [0.15, 0.2) is 0 Å². The number of anilines is 1. The topological polar surface area (TPSA) is 79.0 Å². The maximum atomic E-state index is 10.7. The fourth-order valence-corrected chi connectivity index (χ4v) is 1.92. The van der Waals surface area contributed by atoms with Crippen LogP contribution in [0.2, 0.25) is 0 Å². The van der Waals surface area contributed by atoms with Crippen molar-refractivity contribution in [1.82, 2.24) is 0 Å². The van der Waals surface area contributed by atoms with E-state index in [-0.39, 0.29) is 11.3 Å². The molecule has 0 heterocycles. The standard InChI is InChI=1S/C13H15N3O2/c14-9-11-8-12(5-6-13(11)16(17)18)15-7-1-2-10-3-4-10/h5-6,8,10,15H,1-4,7H2. The van der Waals surface area contributed by atoms with Crippen molar-refractivity contribution in [3.63, 3.8) is 0 Å². The van der Waals surface area contributed by atoms with Gasteiger partial charge < -0.3 is 5.32 Å². The van der Waals surface area contributed by atoms with Crippen LogP contribution in [0.15, 0.2) is 18.2 Å². The number of nitrogens with zero attached hydrogens (tertiary/aromatic N) is 2. The number of hydrogen-bond acceptors (Lipinski definition) is 4. The van der Waals surface area contributed by atoms with Gasteiger partial charge in [-0.05, 0) is 30.9 Å². The molecule has 94 valence electrons. The normalized spacial score (nSPS) is 13.9. The summed E-state index contributed by atoms with van der Waals surface area (Å²) in [6, 6.07) is 6.42. The molecule has 1 aliphatic rings. The van der Waals surface area contributed by atoms with Crippen molar-refractivity contribution in [1.29, 1.82) is 5.26 Å². The third kappa shape index (κ3) is 3.20. The molecule has 18 heavy (non-hydrogen) atoms. The number of rotatable bonds is 6. The zero-order valence-electron chi connectivity index (χ0n) is 10.1. The Morgan fingerprint density at radius 1 is 1.50 bits per heavy atom. The molecule has 0 radical (unpaired) electrons. The van der Waals surface area contributed by atoms with E-state index in [1.807, 2.05) is 6.07 Å². The summed E-state index contributed by atoms with van der Waals surface area (Å²) in [5.74, 6) is 0.915. The van der Waals surface area contributed by atoms with Gasteiger partial charge in [-0.2, -0.15) is 5.26 Å². The van der Waals surface area contributed by atoms with E-state index < -0.39 is 4.92 Å². The molecule has 1 fully saturated rings. The van der Waals surface area contributed by atoms with Gasteiger partial charge in [0, 0.05) is 18.3 Å². The van der Waals surface area contributed by atoms with Crippen LogP contribution < -0.4 is 5.32 Å². The maximum absolute atomic E-state index is 10.7. The van der Waals surface area contributed by atoms with E-state index in [4.69, 9.17) is 5.26 Å². The van der Waals surface area contributed by atoms with Crippen LogP contribution in [0.3, 0.4) is 0 Å². The van der Waals surface area contributed by atoms with Gasteiger partial charge in [-0.15, -0.1) is 0 Å². The molecular weight excluding hydrogens is 230 g/mol. The van der Waals surface area contributed by atoms with Crippen molar-refractivity contribution in [2.45, 2.75) is 25.7 Å². The van der Waals surface area contributed by atoms with Crippen molar-refractivity contribution in [2.24, 2.45) is 5.92 Å². The van der Waals surface area contributed by atoms with Crippen molar-refractivity contribution in [3.8, 4) is 6.07 Å². The average Bonchev–Trinajstić information content (AvgIpc) is 3.18. The molecule has 0 unspecified atom stereocenters. The highest BCUT2D eigenvalue weighted by Crippen LogP contribution is 2.33. The van der Waals surface area contributed by atoms with Crippen LogP contribution in [0, 0.1) is 27.4 Å². The molecule has 5 heteroatoms. The summed E-state index contributed by atoms with van der Waals surface area (Å²) in [7, 11) is 0. The maximum Gasteiger partial charge on any atom is 0.287 e. The molecule has 0 atom stereocenters. The number of nitriles is 1. The van der Waals surface area contributed by atoms with Crippen molar-refractivity contribution < 1.29 is 4.92 Å². The van der Waals surface area contributed by atoms with E-state index in [1.54, 1.807) is 6.07 Å². The highest BCUT2D eigenvalue weighted by molar-refractivity contribution is 5.58. The van der Waals surface area contributed by atoms with Crippen LogP contribution in [0.25, 0.3) is 0 Å². The van der Waals surface area contributed by atoms with Gasteiger partial charge in [-0.1, -0.05) is 12.8 Å². The second kappa shape index (κ2) is 5.50. The third-order valence-electron chi connectivity index (χ3n) is 3.13. The first-order chi connectivity index (χ1) is 8.70. The molecule has 1 aliphatic carbocycles. The largest absolute Gasteiger partial charge is 0.385 e. The molecule has 1 saturated carbocycles. The lowest BCUT2D eigenvalue weighted by atomic mass is 10.1. The number of hydrogen-bond donors (Lipinski definition) is 1. The minimum Gasteiger partial charge on any atom is -0.385 e. The van der Waals surface area contributed by atoms with Crippen molar-refractivity contribution in [3.05, 3.63) is 33.9 Å². The molecule has 1 aromatic carbocycles. The zero-order chi connectivity index (χ0) is 13.0. The Bertz CT molecular complexity index is 489. The van der Waals surface area contributed by atoms with Crippen LogP contribution in [0.4, 0.5) is 11.4 Å². The highest BCUT2D eigenvalue weighted by atomic mass is 16.6. The molecule has 1 N–H and O–H groups in total. The van der Waals surface area contributed by atoms with Gasteiger partial charge in [-0.3, -0.25) is 10.1 Å². The Kier molecular flexibility index (Phi) is 3.78. The van der Waals surface area contributed by atoms with Gasteiger partial charge in [0.25, 0.3) is 5.69 Å². The fourth-order valence-electron chi connectivity index (χ4n) is 1.92. The molecule has 0 amide bonds. The van der Waals surface area contributed by atoms with Crippen LogP contribution in [-0.2, 0) is 0 Å². The Labute approximate surface area is 106 Å². The molecule has 0 saturated heterocycles. The monoisotopic (exact) mass is 245 g/mol. The minimum atomic E-state index is -0.532. The summed E-state index contributed by atoms with van der Waals surface area (Å²) in [5, 5.41) is 22.7. The van der Waals surface area contributed by atoms with E-state index in [0.29, 0.717) is 0 Å². The van der Waals surface area contributed by atoms with Crippen LogP contribution in [0.5, 0.6) is 0 Å². The van der Waals surface area contributed by atoms with Gasteiger partial charge in [-0.25, -0.2) is 0 Å². The van der Waals surface area contributed by atoms with Crippen molar-refractivity contribution in [2.75, 3.05) is 11.9 Å². The highest BCUT2D eigenvalue weighted by Gasteiger charge is 2.20. The van der Waals surface area contributed by atoms with E-state index in [1.165, 1.54) is 31.4 Å². The summed E-state index contributed by atoms with van der Waals surface area (Å²) < 4.78 is 0. The Hall–Kier alpha value is -2.09. The number of benzene rings is 1. The van der Waals surface area contributed by atoms with Crippen LogP contribution in [0.1, 0.15) is 31.2 Å². The Morgan fingerprint density at radius 3 is 2.89 bits per heavy atom. The Morgan fingerprint density at radius 2 is 2.28 bits per heavy atom. The Balaban J connectivity index is 1.92. The molecule has 0 bridgehead atoms. The molecule has 0 spiro atoms. The number of nitro benzene ring substituents is 1. The lowest BCUT2D eigenvalue weighted by Gasteiger charge is -2.06. The van der Waals surface area contributed by atoms with Gasteiger partial charge in [0.1, 0.15) is 11.6 Å². The lowest BCUT2D eigenvalue weighted by molar-refractivity contribution is -0.385. The number of nitro groups is 1. The van der Waals surface area contributed by atoms with Crippen LogP contribution in [-0.4, -0.2) is 11.5 Å². The van der Waals surface area contributed by atoms with Gasteiger partial charge in [0.2, 0.25) is 0 Å².